The highest BCUT2D eigenvalue weighted by Crippen LogP contribution is 2.26. The molecule has 1 N–H and O–H groups in total. The molecule has 0 radical (unpaired) electrons. The first-order valence-corrected chi connectivity index (χ1v) is 7.12. The molecule has 0 aliphatic rings. The minimum absolute atomic E-state index is 0.132. The molecule has 0 spiro atoms. The minimum Gasteiger partial charge on any atom is -0.496 e. The topological polar surface area (TPSA) is 64.4 Å². The van der Waals surface area contributed by atoms with Gasteiger partial charge in [0.2, 0.25) is 0 Å². The number of benzene rings is 2. The molecule has 0 aromatic heterocycles. The molecule has 21 heavy (non-hydrogen) atoms. The summed E-state index contributed by atoms with van der Waals surface area (Å²) in [5.74, 6) is 0.782. The third kappa shape index (κ3) is 3.72. The molecule has 0 bridgehead atoms. The zero-order chi connectivity index (χ0) is 15.4. The number of hydrogen-bond donors (Lipinski definition) is 1. The van der Waals surface area contributed by atoms with E-state index < -0.39 is 0 Å². The van der Waals surface area contributed by atoms with Gasteiger partial charge in [0.15, 0.2) is 0 Å². The van der Waals surface area contributed by atoms with E-state index in [9.17, 15) is 10.1 Å². The summed E-state index contributed by atoms with van der Waals surface area (Å²) in [6, 6.07) is 10.8. The zero-order valence-electron chi connectivity index (χ0n) is 11.7. The van der Waals surface area contributed by atoms with Gasteiger partial charge in [-0.25, -0.2) is 0 Å². The second kappa shape index (κ2) is 6.58. The van der Waals surface area contributed by atoms with E-state index in [4.69, 9.17) is 4.74 Å². The molecular weight excluding hydrogens is 336 g/mol. The van der Waals surface area contributed by atoms with Gasteiger partial charge in [0.1, 0.15) is 5.75 Å². The van der Waals surface area contributed by atoms with Gasteiger partial charge in [-0.2, -0.15) is 0 Å². The van der Waals surface area contributed by atoms with Gasteiger partial charge < -0.3 is 10.1 Å². The number of hydrogen-bond acceptors (Lipinski definition) is 4. The van der Waals surface area contributed by atoms with Gasteiger partial charge in [-0.05, 0) is 52.7 Å². The summed E-state index contributed by atoms with van der Waals surface area (Å²) in [5.41, 5.74) is 2.71. The summed E-state index contributed by atoms with van der Waals surface area (Å²) in [6.07, 6.45) is 0. The zero-order valence-corrected chi connectivity index (χ0v) is 13.3. The summed E-state index contributed by atoms with van der Waals surface area (Å²) in [5, 5.41) is 14.0. The highest BCUT2D eigenvalue weighted by molar-refractivity contribution is 9.10. The molecule has 0 unspecified atom stereocenters. The molecule has 2 aromatic carbocycles. The van der Waals surface area contributed by atoms with Crippen molar-refractivity contribution in [1.29, 1.82) is 0 Å². The van der Waals surface area contributed by atoms with Crippen LogP contribution in [-0.2, 0) is 6.54 Å². The Labute approximate surface area is 131 Å². The Morgan fingerprint density at radius 2 is 2.05 bits per heavy atom. The molecule has 110 valence electrons. The van der Waals surface area contributed by atoms with Crippen molar-refractivity contribution < 1.29 is 9.66 Å². The molecule has 0 heterocycles. The number of methoxy groups -OCH3 is 1. The molecule has 2 aromatic rings. The molecule has 0 saturated heterocycles. The lowest BCUT2D eigenvalue weighted by atomic mass is 10.1. The number of aryl methyl sites for hydroxylation is 1. The van der Waals surface area contributed by atoms with Gasteiger partial charge in [-0.3, -0.25) is 10.1 Å². The molecule has 0 aliphatic carbocycles. The van der Waals surface area contributed by atoms with Crippen molar-refractivity contribution in [2.45, 2.75) is 13.5 Å². The van der Waals surface area contributed by atoms with E-state index in [2.05, 4.69) is 21.2 Å². The number of nitrogens with one attached hydrogen (secondary N) is 1. The standard InChI is InChI=1S/C15H15BrN2O3/c1-10-7-12(4-5-14(10)18(19)20)17-9-11-3-6-15(21-2)13(16)8-11/h3-8,17H,9H2,1-2H3. The number of ether oxygens (including phenoxy) is 1. The van der Waals surface area contributed by atoms with Crippen molar-refractivity contribution in [3.63, 3.8) is 0 Å². The molecule has 0 fully saturated rings. The summed E-state index contributed by atoms with van der Waals surface area (Å²) >= 11 is 3.44. The van der Waals surface area contributed by atoms with Crippen LogP contribution in [0.5, 0.6) is 5.75 Å². The fourth-order valence-electron chi connectivity index (χ4n) is 1.99. The first-order chi connectivity index (χ1) is 10.0. The monoisotopic (exact) mass is 350 g/mol. The number of nitro benzene ring substituents is 1. The third-order valence-electron chi connectivity index (χ3n) is 3.11. The van der Waals surface area contributed by atoms with Crippen LogP contribution >= 0.6 is 15.9 Å². The maximum atomic E-state index is 10.8. The summed E-state index contributed by atoms with van der Waals surface area (Å²) in [4.78, 5) is 10.4. The first kappa shape index (κ1) is 15.3. The van der Waals surface area contributed by atoms with E-state index in [0.29, 0.717) is 12.1 Å². The van der Waals surface area contributed by atoms with Crippen molar-refractivity contribution in [2.24, 2.45) is 0 Å². The molecular formula is C15H15BrN2O3. The number of nitro groups is 1. The van der Waals surface area contributed by atoms with Crippen LogP contribution in [-0.4, -0.2) is 12.0 Å². The Kier molecular flexibility index (Phi) is 4.80. The summed E-state index contributed by atoms with van der Waals surface area (Å²) in [6.45, 7) is 2.35. The van der Waals surface area contributed by atoms with E-state index in [1.54, 1.807) is 26.2 Å². The van der Waals surface area contributed by atoms with Crippen molar-refractivity contribution in [3.05, 3.63) is 62.1 Å². The van der Waals surface area contributed by atoms with Crippen LogP contribution in [0.1, 0.15) is 11.1 Å². The molecule has 5 nitrogen and oxygen atoms in total. The lowest BCUT2D eigenvalue weighted by Crippen LogP contribution is -2.01. The quantitative estimate of drug-likeness (QED) is 0.645. The van der Waals surface area contributed by atoms with E-state index in [0.717, 1.165) is 21.5 Å². The van der Waals surface area contributed by atoms with Gasteiger partial charge in [-0.15, -0.1) is 0 Å². The predicted molar refractivity (Wildman–Crippen MR) is 85.9 cm³/mol. The minimum atomic E-state index is -0.375. The smallest absolute Gasteiger partial charge is 0.272 e. The van der Waals surface area contributed by atoms with E-state index in [1.807, 2.05) is 18.2 Å². The average molecular weight is 351 g/mol. The van der Waals surface area contributed by atoms with Gasteiger partial charge in [0, 0.05) is 23.9 Å². The molecule has 0 amide bonds. The van der Waals surface area contributed by atoms with Crippen LogP contribution in [0.3, 0.4) is 0 Å². The van der Waals surface area contributed by atoms with Crippen LogP contribution in [0.2, 0.25) is 0 Å². The lowest BCUT2D eigenvalue weighted by molar-refractivity contribution is -0.385. The second-order valence-corrected chi connectivity index (χ2v) is 5.44. The fraction of sp³-hybridized carbons (Fsp3) is 0.200. The molecule has 0 saturated carbocycles. The lowest BCUT2D eigenvalue weighted by Gasteiger charge is -2.09. The normalized spacial score (nSPS) is 10.2. The maximum Gasteiger partial charge on any atom is 0.272 e. The average Bonchev–Trinajstić information content (AvgIpc) is 2.45. The Hall–Kier alpha value is -2.08. The molecule has 0 atom stereocenters. The number of nitrogens with zero attached hydrogens (tertiary/aromatic N) is 1. The fourth-order valence-corrected chi connectivity index (χ4v) is 2.58. The number of anilines is 1. The first-order valence-electron chi connectivity index (χ1n) is 6.32. The second-order valence-electron chi connectivity index (χ2n) is 4.58. The summed E-state index contributed by atoms with van der Waals surface area (Å²) < 4.78 is 6.08. The van der Waals surface area contributed by atoms with Gasteiger partial charge in [0.25, 0.3) is 5.69 Å². The van der Waals surface area contributed by atoms with Gasteiger partial charge >= 0.3 is 0 Å². The van der Waals surface area contributed by atoms with Crippen LogP contribution in [0.4, 0.5) is 11.4 Å². The highest BCUT2D eigenvalue weighted by atomic mass is 79.9. The van der Waals surface area contributed by atoms with Gasteiger partial charge in [-0.1, -0.05) is 6.07 Å². The van der Waals surface area contributed by atoms with Crippen molar-refractivity contribution >= 4 is 27.3 Å². The SMILES string of the molecule is COc1ccc(CNc2ccc([N+](=O)[O-])c(C)c2)cc1Br. The van der Waals surface area contributed by atoms with Crippen LogP contribution in [0, 0.1) is 17.0 Å². The van der Waals surface area contributed by atoms with E-state index in [-0.39, 0.29) is 10.6 Å². The number of halogens is 1. The largest absolute Gasteiger partial charge is 0.496 e. The van der Waals surface area contributed by atoms with Crippen molar-refractivity contribution in [2.75, 3.05) is 12.4 Å². The predicted octanol–water partition coefficient (Wildman–Crippen LogP) is 4.29. The maximum absolute atomic E-state index is 10.8. The summed E-state index contributed by atoms with van der Waals surface area (Å²) in [7, 11) is 1.62. The van der Waals surface area contributed by atoms with Crippen LogP contribution in [0.15, 0.2) is 40.9 Å². The van der Waals surface area contributed by atoms with E-state index >= 15 is 0 Å². The highest BCUT2D eigenvalue weighted by Gasteiger charge is 2.10. The number of rotatable bonds is 5. The van der Waals surface area contributed by atoms with Crippen molar-refractivity contribution in [3.8, 4) is 5.75 Å². The van der Waals surface area contributed by atoms with Gasteiger partial charge in [0.05, 0.1) is 16.5 Å². The Morgan fingerprint density at radius 1 is 1.29 bits per heavy atom. The Morgan fingerprint density at radius 3 is 2.62 bits per heavy atom. The van der Waals surface area contributed by atoms with E-state index in [1.165, 1.54) is 6.07 Å². The van der Waals surface area contributed by atoms with Crippen LogP contribution < -0.4 is 10.1 Å². The third-order valence-corrected chi connectivity index (χ3v) is 3.73. The molecule has 6 heteroatoms. The Balaban J connectivity index is 2.08. The van der Waals surface area contributed by atoms with Crippen LogP contribution in [0.25, 0.3) is 0 Å². The molecule has 2 rings (SSSR count). The van der Waals surface area contributed by atoms with Crippen molar-refractivity contribution in [1.82, 2.24) is 0 Å². The Bertz CT molecular complexity index is 674. The molecule has 0 aliphatic heterocycles.